The van der Waals surface area contributed by atoms with Crippen molar-refractivity contribution < 1.29 is 10.2 Å². The molecule has 2 rings (SSSR count). The van der Waals surface area contributed by atoms with Gasteiger partial charge in [0.1, 0.15) is 0 Å². The second-order valence-electron chi connectivity index (χ2n) is 5.68. The molecule has 2 N–H and O–H groups in total. The molecule has 1 aromatic carbocycles. The van der Waals surface area contributed by atoms with Gasteiger partial charge < -0.3 is 10.2 Å². The van der Waals surface area contributed by atoms with E-state index < -0.39 is 12.2 Å². The van der Waals surface area contributed by atoms with E-state index in [2.05, 4.69) is 25.1 Å². The number of aliphatic hydroxyl groups is 2. The Morgan fingerprint density at radius 3 is 2.39 bits per heavy atom. The number of benzene rings is 1. The number of hydrogen-bond donors (Lipinski definition) is 2. The molecule has 0 saturated carbocycles. The molecule has 100 valence electrons. The SMILES string of the molecule is CC(CC(O)C(C)O)c1ccc2c(c1)CCCC2. The molecule has 0 saturated heterocycles. The lowest BCUT2D eigenvalue weighted by atomic mass is 9.86. The number of aliphatic hydroxyl groups excluding tert-OH is 2. The van der Waals surface area contributed by atoms with Gasteiger partial charge in [-0.25, -0.2) is 0 Å². The van der Waals surface area contributed by atoms with Gasteiger partial charge in [0.15, 0.2) is 0 Å². The van der Waals surface area contributed by atoms with Crippen LogP contribution in [0.25, 0.3) is 0 Å². The van der Waals surface area contributed by atoms with Gasteiger partial charge in [-0.15, -0.1) is 0 Å². The molecule has 18 heavy (non-hydrogen) atoms. The van der Waals surface area contributed by atoms with Crippen molar-refractivity contribution in [3.63, 3.8) is 0 Å². The van der Waals surface area contributed by atoms with Gasteiger partial charge in [-0.2, -0.15) is 0 Å². The zero-order valence-electron chi connectivity index (χ0n) is 11.4. The van der Waals surface area contributed by atoms with Crippen LogP contribution < -0.4 is 0 Å². The maximum absolute atomic E-state index is 9.75. The van der Waals surface area contributed by atoms with Gasteiger partial charge in [-0.05, 0) is 61.6 Å². The Kier molecular flexibility index (Phi) is 4.41. The average Bonchev–Trinajstić information content (AvgIpc) is 2.37. The lowest BCUT2D eigenvalue weighted by Crippen LogP contribution is -2.24. The van der Waals surface area contributed by atoms with Gasteiger partial charge in [0.05, 0.1) is 12.2 Å². The van der Waals surface area contributed by atoms with E-state index in [9.17, 15) is 10.2 Å². The summed E-state index contributed by atoms with van der Waals surface area (Å²) in [6, 6.07) is 6.73. The molecule has 3 atom stereocenters. The number of rotatable bonds is 4. The first-order valence-corrected chi connectivity index (χ1v) is 7.05. The summed E-state index contributed by atoms with van der Waals surface area (Å²) in [6.07, 6.45) is 4.34. The minimum absolute atomic E-state index is 0.293. The van der Waals surface area contributed by atoms with Crippen molar-refractivity contribution in [1.82, 2.24) is 0 Å². The van der Waals surface area contributed by atoms with E-state index in [0.29, 0.717) is 12.3 Å². The van der Waals surface area contributed by atoms with Crippen LogP contribution in [0.15, 0.2) is 18.2 Å². The van der Waals surface area contributed by atoms with Gasteiger partial charge in [0.25, 0.3) is 0 Å². The summed E-state index contributed by atoms with van der Waals surface area (Å²) in [5, 5.41) is 19.1. The Balaban J connectivity index is 2.08. The molecule has 0 fully saturated rings. The van der Waals surface area contributed by atoms with Crippen LogP contribution in [-0.2, 0) is 12.8 Å². The minimum Gasteiger partial charge on any atom is -0.391 e. The van der Waals surface area contributed by atoms with Crippen molar-refractivity contribution in [2.45, 2.75) is 64.1 Å². The van der Waals surface area contributed by atoms with Crippen LogP contribution >= 0.6 is 0 Å². The van der Waals surface area contributed by atoms with Crippen molar-refractivity contribution in [1.29, 1.82) is 0 Å². The van der Waals surface area contributed by atoms with Gasteiger partial charge in [0.2, 0.25) is 0 Å². The van der Waals surface area contributed by atoms with Crippen LogP contribution in [0.1, 0.15) is 55.7 Å². The Morgan fingerprint density at radius 2 is 1.72 bits per heavy atom. The highest BCUT2D eigenvalue weighted by Crippen LogP contribution is 2.27. The van der Waals surface area contributed by atoms with Crippen molar-refractivity contribution in [3.05, 3.63) is 34.9 Å². The topological polar surface area (TPSA) is 40.5 Å². The van der Waals surface area contributed by atoms with Crippen LogP contribution in [0.2, 0.25) is 0 Å². The van der Waals surface area contributed by atoms with Crippen molar-refractivity contribution >= 4 is 0 Å². The lowest BCUT2D eigenvalue weighted by molar-refractivity contribution is 0.0227. The molecule has 0 aliphatic heterocycles. The van der Waals surface area contributed by atoms with E-state index in [0.717, 1.165) is 0 Å². The Morgan fingerprint density at radius 1 is 1.06 bits per heavy atom. The fourth-order valence-corrected chi connectivity index (χ4v) is 2.76. The third-order valence-corrected chi connectivity index (χ3v) is 4.09. The lowest BCUT2D eigenvalue weighted by Gasteiger charge is -2.22. The Labute approximate surface area is 110 Å². The van der Waals surface area contributed by atoms with E-state index >= 15 is 0 Å². The number of hydrogen-bond acceptors (Lipinski definition) is 2. The van der Waals surface area contributed by atoms with Gasteiger partial charge in [-0.3, -0.25) is 0 Å². The molecule has 0 spiro atoms. The smallest absolute Gasteiger partial charge is 0.0802 e. The van der Waals surface area contributed by atoms with Crippen LogP contribution in [0, 0.1) is 0 Å². The predicted octanol–water partition coefficient (Wildman–Crippen LogP) is 2.80. The van der Waals surface area contributed by atoms with Crippen molar-refractivity contribution in [2.75, 3.05) is 0 Å². The summed E-state index contributed by atoms with van der Waals surface area (Å²) in [5.74, 6) is 0.293. The summed E-state index contributed by atoms with van der Waals surface area (Å²) in [7, 11) is 0. The van der Waals surface area contributed by atoms with Crippen LogP contribution in [0.4, 0.5) is 0 Å². The molecule has 2 heteroatoms. The molecular weight excluding hydrogens is 224 g/mol. The first kappa shape index (κ1) is 13.6. The maximum atomic E-state index is 9.75. The predicted molar refractivity (Wildman–Crippen MR) is 73.8 cm³/mol. The van der Waals surface area contributed by atoms with E-state index in [1.807, 2.05) is 0 Å². The minimum atomic E-state index is -0.648. The maximum Gasteiger partial charge on any atom is 0.0802 e. The van der Waals surface area contributed by atoms with E-state index in [1.165, 1.54) is 42.4 Å². The Hall–Kier alpha value is -0.860. The van der Waals surface area contributed by atoms with E-state index in [1.54, 1.807) is 6.92 Å². The molecule has 0 amide bonds. The van der Waals surface area contributed by atoms with Crippen molar-refractivity contribution in [2.24, 2.45) is 0 Å². The summed E-state index contributed by atoms with van der Waals surface area (Å²) in [5.41, 5.74) is 4.26. The largest absolute Gasteiger partial charge is 0.391 e. The van der Waals surface area contributed by atoms with Crippen molar-refractivity contribution in [3.8, 4) is 0 Å². The van der Waals surface area contributed by atoms with Crippen LogP contribution in [0.3, 0.4) is 0 Å². The Bertz CT molecular complexity index is 398. The summed E-state index contributed by atoms with van der Waals surface area (Å²) >= 11 is 0. The molecule has 3 unspecified atom stereocenters. The van der Waals surface area contributed by atoms with E-state index in [4.69, 9.17) is 0 Å². The van der Waals surface area contributed by atoms with Gasteiger partial charge in [-0.1, -0.05) is 25.1 Å². The monoisotopic (exact) mass is 248 g/mol. The third kappa shape index (κ3) is 3.12. The third-order valence-electron chi connectivity index (χ3n) is 4.09. The zero-order valence-corrected chi connectivity index (χ0v) is 11.4. The van der Waals surface area contributed by atoms with Gasteiger partial charge in [0, 0.05) is 0 Å². The fourth-order valence-electron chi connectivity index (χ4n) is 2.76. The molecule has 1 aliphatic carbocycles. The van der Waals surface area contributed by atoms with E-state index in [-0.39, 0.29) is 0 Å². The summed E-state index contributed by atoms with van der Waals surface area (Å²) in [6.45, 7) is 3.76. The highest BCUT2D eigenvalue weighted by atomic mass is 16.3. The molecule has 1 aromatic rings. The molecule has 1 aliphatic rings. The highest BCUT2D eigenvalue weighted by molar-refractivity contribution is 5.35. The highest BCUT2D eigenvalue weighted by Gasteiger charge is 2.18. The second-order valence-corrected chi connectivity index (χ2v) is 5.68. The van der Waals surface area contributed by atoms with Crippen LogP contribution in [0.5, 0.6) is 0 Å². The number of aryl methyl sites for hydroxylation is 2. The first-order valence-electron chi connectivity index (χ1n) is 7.05. The number of fused-ring (bicyclic) bond motifs is 1. The zero-order chi connectivity index (χ0) is 13.1. The fraction of sp³-hybridized carbons (Fsp3) is 0.625. The molecule has 0 radical (unpaired) electrons. The molecule has 0 heterocycles. The summed E-state index contributed by atoms with van der Waals surface area (Å²) < 4.78 is 0. The average molecular weight is 248 g/mol. The standard InChI is InChI=1S/C16H24O2/c1-11(9-16(18)12(2)17)14-8-7-13-5-3-4-6-15(13)10-14/h7-8,10-12,16-18H,3-6,9H2,1-2H3. The van der Waals surface area contributed by atoms with Gasteiger partial charge >= 0.3 is 0 Å². The summed E-state index contributed by atoms with van der Waals surface area (Å²) in [4.78, 5) is 0. The first-order chi connectivity index (χ1) is 8.58. The quantitative estimate of drug-likeness (QED) is 0.860. The molecule has 0 aromatic heterocycles. The molecule has 0 bridgehead atoms. The second kappa shape index (κ2) is 5.85. The normalized spacial score (nSPS) is 20.0. The molecular formula is C16H24O2. The molecule has 2 nitrogen and oxygen atoms in total. The van der Waals surface area contributed by atoms with Crippen LogP contribution in [-0.4, -0.2) is 22.4 Å².